The maximum Gasteiger partial charge on any atom is 0.0466 e. The van der Waals surface area contributed by atoms with Crippen LogP contribution in [0.4, 0.5) is 17.1 Å². The van der Waals surface area contributed by atoms with Gasteiger partial charge in [0, 0.05) is 39.7 Å². The first-order chi connectivity index (χ1) is 10.2. The van der Waals surface area contributed by atoms with Gasteiger partial charge in [-0.15, -0.1) is 0 Å². The molecule has 0 unspecified atom stereocenters. The van der Waals surface area contributed by atoms with Crippen LogP contribution in [-0.4, -0.2) is 4.98 Å². The Morgan fingerprint density at radius 3 is 2.67 bits per heavy atom. The van der Waals surface area contributed by atoms with Gasteiger partial charge in [0.25, 0.3) is 0 Å². The lowest BCUT2D eigenvalue weighted by Gasteiger charge is -2.14. The van der Waals surface area contributed by atoms with Gasteiger partial charge in [-0.2, -0.15) is 0 Å². The SMILES string of the molecule is CCc1ccccc1Nc1ccc(N)c2cnc(C)cc12. The number of para-hydroxylation sites is 1. The van der Waals surface area contributed by atoms with E-state index in [1.807, 2.05) is 31.3 Å². The molecule has 3 rings (SSSR count). The Labute approximate surface area is 124 Å². The minimum atomic E-state index is 0.756. The Morgan fingerprint density at radius 2 is 1.86 bits per heavy atom. The third-order valence-corrected chi connectivity index (χ3v) is 3.74. The number of nitrogens with zero attached hydrogens (tertiary/aromatic N) is 1. The first-order valence-corrected chi connectivity index (χ1v) is 7.19. The summed E-state index contributed by atoms with van der Waals surface area (Å²) in [6.07, 6.45) is 2.84. The molecule has 3 heteroatoms. The Morgan fingerprint density at radius 1 is 1.05 bits per heavy atom. The van der Waals surface area contributed by atoms with Gasteiger partial charge in [-0.05, 0) is 43.2 Å². The van der Waals surface area contributed by atoms with Gasteiger partial charge in [-0.3, -0.25) is 4.98 Å². The highest BCUT2D eigenvalue weighted by molar-refractivity contribution is 6.01. The van der Waals surface area contributed by atoms with Gasteiger partial charge in [0.2, 0.25) is 0 Å². The molecule has 2 aromatic carbocycles. The van der Waals surface area contributed by atoms with Crippen molar-refractivity contribution in [1.82, 2.24) is 4.98 Å². The summed E-state index contributed by atoms with van der Waals surface area (Å²) < 4.78 is 0. The van der Waals surface area contributed by atoms with Crippen molar-refractivity contribution in [2.45, 2.75) is 20.3 Å². The number of fused-ring (bicyclic) bond motifs is 1. The van der Waals surface area contributed by atoms with E-state index in [1.54, 1.807) is 0 Å². The van der Waals surface area contributed by atoms with Crippen molar-refractivity contribution in [1.29, 1.82) is 0 Å². The number of hydrogen-bond donors (Lipinski definition) is 2. The first kappa shape index (κ1) is 13.4. The zero-order valence-electron chi connectivity index (χ0n) is 12.4. The molecule has 3 nitrogen and oxygen atoms in total. The van der Waals surface area contributed by atoms with Crippen molar-refractivity contribution in [2.75, 3.05) is 11.1 Å². The lowest BCUT2D eigenvalue weighted by Crippen LogP contribution is -1.98. The third kappa shape index (κ3) is 2.55. The van der Waals surface area contributed by atoms with E-state index in [1.165, 1.54) is 5.56 Å². The normalized spacial score (nSPS) is 10.8. The number of anilines is 3. The first-order valence-electron chi connectivity index (χ1n) is 7.19. The maximum absolute atomic E-state index is 6.06. The molecule has 0 radical (unpaired) electrons. The zero-order valence-corrected chi connectivity index (χ0v) is 12.4. The number of nitrogen functional groups attached to an aromatic ring is 1. The highest BCUT2D eigenvalue weighted by Gasteiger charge is 2.07. The van der Waals surface area contributed by atoms with E-state index in [-0.39, 0.29) is 0 Å². The van der Waals surface area contributed by atoms with Crippen LogP contribution in [0.1, 0.15) is 18.2 Å². The average Bonchev–Trinajstić information content (AvgIpc) is 2.50. The van der Waals surface area contributed by atoms with Crippen molar-refractivity contribution in [3.63, 3.8) is 0 Å². The number of nitrogens with one attached hydrogen (secondary N) is 1. The molecular formula is C18H19N3. The van der Waals surface area contributed by atoms with E-state index >= 15 is 0 Å². The number of pyridine rings is 1. The summed E-state index contributed by atoms with van der Waals surface area (Å²) in [4.78, 5) is 4.34. The summed E-state index contributed by atoms with van der Waals surface area (Å²) in [5.74, 6) is 0. The zero-order chi connectivity index (χ0) is 14.8. The monoisotopic (exact) mass is 277 g/mol. The number of aromatic nitrogens is 1. The van der Waals surface area contributed by atoms with Gasteiger partial charge in [-0.1, -0.05) is 25.1 Å². The van der Waals surface area contributed by atoms with Crippen LogP contribution in [0.5, 0.6) is 0 Å². The smallest absolute Gasteiger partial charge is 0.0466 e. The Bertz CT molecular complexity index is 794. The number of aryl methyl sites for hydroxylation is 2. The van der Waals surface area contributed by atoms with Gasteiger partial charge >= 0.3 is 0 Å². The Hall–Kier alpha value is -2.55. The highest BCUT2D eigenvalue weighted by atomic mass is 14.9. The minimum Gasteiger partial charge on any atom is -0.398 e. The summed E-state index contributed by atoms with van der Waals surface area (Å²) in [5.41, 5.74) is 11.3. The quantitative estimate of drug-likeness (QED) is 0.696. The second-order valence-corrected chi connectivity index (χ2v) is 5.21. The van der Waals surface area contributed by atoms with E-state index in [2.05, 4.69) is 41.5 Å². The van der Waals surface area contributed by atoms with Crippen LogP contribution >= 0.6 is 0 Å². The van der Waals surface area contributed by atoms with Crippen LogP contribution in [0, 0.1) is 6.92 Å². The predicted molar refractivity (Wildman–Crippen MR) is 90.0 cm³/mol. The molecule has 0 amide bonds. The molecule has 3 aromatic rings. The van der Waals surface area contributed by atoms with Crippen molar-refractivity contribution in [3.8, 4) is 0 Å². The van der Waals surface area contributed by atoms with Crippen molar-refractivity contribution in [2.24, 2.45) is 0 Å². The second-order valence-electron chi connectivity index (χ2n) is 5.21. The molecule has 0 atom stereocenters. The molecule has 0 spiro atoms. The van der Waals surface area contributed by atoms with E-state index in [9.17, 15) is 0 Å². The molecule has 21 heavy (non-hydrogen) atoms. The van der Waals surface area contributed by atoms with E-state index in [0.29, 0.717) is 0 Å². The van der Waals surface area contributed by atoms with Gasteiger partial charge in [-0.25, -0.2) is 0 Å². The molecule has 1 aromatic heterocycles. The highest BCUT2D eigenvalue weighted by Crippen LogP contribution is 2.31. The lowest BCUT2D eigenvalue weighted by molar-refractivity contribution is 1.14. The minimum absolute atomic E-state index is 0.756. The molecule has 0 saturated heterocycles. The molecule has 0 aliphatic heterocycles. The van der Waals surface area contributed by atoms with Gasteiger partial charge in [0.1, 0.15) is 0 Å². The average molecular weight is 277 g/mol. The fraction of sp³-hybridized carbons (Fsp3) is 0.167. The largest absolute Gasteiger partial charge is 0.398 e. The number of nitrogens with two attached hydrogens (primary N) is 1. The van der Waals surface area contributed by atoms with E-state index in [4.69, 9.17) is 5.73 Å². The van der Waals surface area contributed by atoms with Crippen LogP contribution in [0.3, 0.4) is 0 Å². The van der Waals surface area contributed by atoms with Crippen LogP contribution in [0.15, 0.2) is 48.7 Å². The molecule has 106 valence electrons. The second kappa shape index (κ2) is 5.44. The van der Waals surface area contributed by atoms with Crippen molar-refractivity contribution < 1.29 is 0 Å². The maximum atomic E-state index is 6.06. The standard InChI is InChI=1S/C18H19N3/c1-3-13-6-4-5-7-17(13)21-18-9-8-16(19)15-11-20-12(2)10-14(15)18/h4-11,21H,3,19H2,1-2H3. The molecule has 0 fully saturated rings. The van der Waals surface area contributed by atoms with E-state index in [0.717, 1.165) is 39.9 Å². The molecule has 1 heterocycles. The number of rotatable bonds is 3. The fourth-order valence-electron chi connectivity index (χ4n) is 2.57. The fourth-order valence-corrected chi connectivity index (χ4v) is 2.57. The van der Waals surface area contributed by atoms with Gasteiger partial charge in [0.15, 0.2) is 0 Å². The number of hydrogen-bond acceptors (Lipinski definition) is 3. The van der Waals surface area contributed by atoms with Crippen LogP contribution < -0.4 is 11.1 Å². The predicted octanol–water partition coefficient (Wildman–Crippen LogP) is 4.43. The summed E-state index contributed by atoms with van der Waals surface area (Å²) in [6, 6.07) is 14.4. The molecule has 0 saturated carbocycles. The number of benzene rings is 2. The van der Waals surface area contributed by atoms with Crippen molar-refractivity contribution >= 4 is 27.8 Å². The Balaban J connectivity index is 2.13. The van der Waals surface area contributed by atoms with Crippen LogP contribution in [0.25, 0.3) is 10.8 Å². The summed E-state index contributed by atoms with van der Waals surface area (Å²) >= 11 is 0. The molecule has 0 aliphatic carbocycles. The molecule has 0 aliphatic rings. The Kier molecular flexibility index (Phi) is 3.48. The molecule has 3 N–H and O–H groups in total. The van der Waals surface area contributed by atoms with Crippen LogP contribution in [0.2, 0.25) is 0 Å². The van der Waals surface area contributed by atoms with Gasteiger partial charge < -0.3 is 11.1 Å². The molecular weight excluding hydrogens is 258 g/mol. The summed E-state index contributed by atoms with van der Waals surface area (Å²) in [6.45, 7) is 4.15. The van der Waals surface area contributed by atoms with Gasteiger partial charge in [0.05, 0.1) is 0 Å². The summed E-state index contributed by atoms with van der Waals surface area (Å²) in [5, 5.41) is 5.63. The third-order valence-electron chi connectivity index (χ3n) is 3.74. The van der Waals surface area contributed by atoms with Crippen molar-refractivity contribution in [3.05, 3.63) is 59.9 Å². The summed E-state index contributed by atoms with van der Waals surface area (Å²) in [7, 11) is 0. The lowest BCUT2D eigenvalue weighted by atomic mass is 10.1. The van der Waals surface area contributed by atoms with E-state index < -0.39 is 0 Å². The topological polar surface area (TPSA) is 50.9 Å². The molecule has 0 bridgehead atoms. The van der Waals surface area contributed by atoms with Crippen LogP contribution in [-0.2, 0) is 6.42 Å².